The molecule has 2 aliphatic heterocycles. The number of ether oxygens (including phenoxy) is 1. The van der Waals surface area contributed by atoms with E-state index in [0.29, 0.717) is 57.2 Å². The first kappa shape index (κ1) is 21.4. The van der Waals surface area contributed by atoms with Gasteiger partial charge in [0.25, 0.3) is 0 Å². The fourth-order valence-electron chi connectivity index (χ4n) is 4.93. The van der Waals surface area contributed by atoms with E-state index in [9.17, 15) is 8.42 Å². The average molecular weight is 456 g/mol. The maximum absolute atomic E-state index is 13.2. The summed E-state index contributed by atoms with van der Waals surface area (Å²) < 4.78 is 30.9. The van der Waals surface area contributed by atoms with E-state index < -0.39 is 14.6 Å². The highest BCUT2D eigenvalue weighted by molar-refractivity contribution is 7.91. The molecule has 4 heterocycles. The predicted octanol–water partition coefficient (Wildman–Crippen LogP) is 2.47. The van der Waals surface area contributed by atoms with E-state index >= 15 is 0 Å². The van der Waals surface area contributed by atoms with Gasteiger partial charge in [-0.3, -0.25) is 0 Å². The fourth-order valence-corrected chi connectivity index (χ4v) is 6.36. The smallest absolute Gasteiger partial charge is 0.162 e. The number of H-pyrrole nitrogens is 1. The molecule has 3 aromatic rings. The molecular weight excluding hydrogens is 426 g/mol. The number of rotatable bonds is 4. The average Bonchev–Trinajstić information content (AvgIpc) is 3.28. The van der Waals surface area contributed by atoms with Crippen LogP contribution < -0.4 is 10.2 Å². The molecule has 0 bridgehead atoms. The molecule has 0 saturated carbocycles. The van der Waals surface area contributed by atoms with Crippen LogP contribution in [0.3, 0.4) is 0 Å². The van der Waals surface area contributed by atoms with E-state index in [2.05, 4.69) is 22.1 Å². The van der Waals surface area contributed by atoms with Gasteiger partial charge < -0.3 is 19.9 Å². The number of benzene rings is 1. The van der Waals surface area contributed by atoms with Crippen molar-refractivity contribution in [2.75, 3.05) is 44.0 Å². The maximum Gasteiger partial charge on any atom is 0.162 e. The lowest BCUT2D eigenvalue weighted by molar-refractivity contribution is 0.0985. The fraction of sp³-hybridized carbons (Fsp3) is 0.478. The third-order valence-electron chi connectivity index (χ3n) is 6.80. The van der Waals surface area contributed by atoms with Crippen LogP contribution in [0.5, 0.6) is 0 Å². The molecule has 1 aromatic carbocycles. The second kappa shape index (κ2) is 8.13. The molecule has 1 unspecified atom stereocenters. The van der Waals surface area contributed by atoms with Gasteiger partial charge in [-0.2, -0.15) is 0 Å². The van der Waals surface area contributed by atoms with Crippen molar-refractivity contribution >= 4 is 26.6 Å². The molecule has 9 heteroatoms. The quantitative estimate of drug-likeness (QED) is 0.623. The van der Waals surface area contributed by atoms with Crippen LogP contribution in [-0.4, -0.2) is 68.5 Å². The van der Waals surface area contributed by atoms with Gasteiger partial charge in [-0.15, -0.1) is 0 Å². The van der Waals surface area contributed by atoms with E-state index in [0.717, 1.165) is 22.3 Å². The van der Waals surface area contributed by atoms with Crippen molar-refractivity contribution in [1.29, 1.82) is 0 Å². The first-order valence-corrected chi connectivity index (χ1v) is 13.0. The van der Waals surface area contributed by atoms with Gasteiger partial charge >= 0.3 is 0 Å². The molecule has 0 radical (unpaired) electrons. The summed E-state index contributed by atoms with van der Waals surface area (Å²) in [6, 6.07) is 10.0. The second-order valence-corrected chi connectivity index (χ2v) is 11.1. The van der Waals surface area contributed by atoms with Crippen LogP contribution in [-0.2, 0) is 19.3 Å². The van der Waals surface area contributed by atoms with Crippen LogP contribution in [0.4, 0.5) is 5.82 Å². The molecule has 0 amide bonds. The molecule has 8 nitrogen and oxygen atoms in total. The number of nitrogens with one attached hydrogen (secondary N) is 2. The third kappa shape index (κ3) is 3.58. The van der Waals surface area contributed by atoms with Gasteiger partial charge in [-0.1, -0.05) is 12.1 Å². The van der Waals surface area contributed by atoms with Crippen molar-refractivity contribution in [1.82, 2.24) is 20.3 Å². The Hall–Kier alpha value is -2.49. The van der Waals surface area contributed by atoms with E-state index in [-0.39, 0.29) is 6.04 Å². The van der Waals surface area contributed by atoms with E-state index in [1.54, 1.807) is 0 Å². The number of nitrogens with zero attached hydrogens (tertiary/aromatic N) is 3. The van der Waals surface area contributed by atoms with Crippen molar-refractivity contribution < 1.29 is 13.2 Å². The molecule has 2 fully saturated rings. The lowest BCUT2D eigenvalue weighted by Gasteiger charge is -2.38. The van der Waals surface area contributed by atoms with Gasteiger partial charge in [0.05, 0.1) is 24.9 Å². The zero-order valence-electron chi connectivity index (χ0n) is 18.5. The van der Waals surface area contributed by atoms with Crippen molar-refractivity contribution in [3.8, 4) is 11.4 Å². The summed E-state index contributed by atoms with van der Waals surface area (Å²) in [6.45, 7) is 5.33. The molecule has 1 atom stereocenters. The Morgan fingerprint density at radius 3 is 2.75 bits per heavy atom. The van der Waals surface area contributed by atoms with Crippen LogP contribution >= 0.6 is 0 Å². The molecule has 32 heavy (non-hydrogen) atoms. The van der Waals surface area contributed by atoms with Gasteiger partial charge in [0.2, 0.25) is 0 Å². The Kier molecular flexibility index (Phi) is 5.43. The van der Waals surface area contributed by atoms with Crippen LogP contribution in [0.25, 0.3) is 22.3 Å². The number of aromatic nitrogens is 3. The summed E-state index contributed by atoms with van der Waals surface area (Å²) in [6.07, 6.45) is 4.22. The first-order chi connectivity index (χ1) is 15.4. The number of aromatic amines is 1. The summed E-state index contributed by atoms with van der Waals surface area (Å²) >= 11 is 0. The minimum Gasteiger partial charge on any atom is -0.377 e. The molecule has 2 aliphatic rings. The van der Waals surface area contributed by atoms with E-state index in [1.807, 2.05) is 36.5 Å². The number of fused-ring (bicyclic) bond motifs is 1. The van der Waals surface area contributed by atoms with Crippen molar-refractivity contribution in [2.45, 2.75) is 30.6 Å². The minimum absolute atomic E-state index is 0.143. The van der Waals surface area contributed by atoms with Crippen LogP contribution in [0.15, 0.2) is 36.5 Å². The molecule has 2 aromatic heterocycles. The lowest BCUT2D eigenvalue weighted by atomic mass is 9.92. The Morgan fingerprint density at radius 2 is 2.00 bits per heavy atom. The maximum atomic E-state index is 13.2. The molecule has 170 valence electrons. The zero-order valence-corrected chi connectivity index (χ0v) is 19.3. The SMILES string of the molecule is CC1COCCN1c1cc(C2(S(C)(=O)=O)CCNCC2)nc(-c2cccc3[nH]ccc23)n1. The third-order valence-corrected chi connectivity index (χ3v) is 8.84. The van der Waals surface area contributed by atoms with Crippen molar-refractivity contribution in [3.05, 3.63) is 42.2 Å². The molecule has 2 saturated heterocycles. The largest absolute Gasteiger partial charge is 0.377 e. The number of anilines is 1. The highest BCUT2D eigenvalue weighted by atomic mass is 32.2. The molecule has 2 N–H and O–H groups in total. The van der Waals surface area contributed by atoms with E-state index in [1.165, 1.54) is 6.26 Å². The Bertz CT molecular complexity index is 1230. The standard InChI is InChI=1S/C23H29N5O3S/c1-16-15-31-13-12-28(16)21-14-20(23(32(2,29)30)7-10-24-11-8-23)26-22(27-21)18-4-3-5-19-17(18)6-9-25-19/h3-6,9,14,16,24-25H,7-8,10-13,15H2,1-2H3. The summed E-state index contributed by atoms with van der Waals surface area (Å²) in [7, 11) is -3.41. The van der Waals surface area contributed by atoms with E-state index in [4.69, 9.17) is 14.7 Å². The summed E-state index contributed by atoms with van der Waals surface area (Å²) in [4.78, 5) is 15.3. The van der Waals surface area contributed by atoms with Gasteiger partial charge in [0.1, 0.15) is 10.6 Å². The number of morpholine rings is 1. The van der Waals surface area contributed by atoms with Gasteiger partial charge in [-0.25, -0.2) is 18.4 Å². The van der Waals surface area contributed by atoms with Crippen LogP contribution in [0, 0.1) is 0 Å². The van der Waals surface area contributed by atoms with Crippen LogP contribution in [0.1, 0.15) is 25.5 Å². The summed E-state index contributed by atoms with van der Waals surface area (Å²) in [5, 5.41) is 4.31. The minimum atomic E-state index is -3.41. The van der Waals surface area contributed by atoms with Crippen LogP contribution in [0.2, 0.25) is 0 Å². The normalized spacial score (nSPS) is 21.7. The number of hydrogen-bond donors (Lipinski definition) is 2. The molecular formula is C23H29N5O3S. The van der Waals surface area contributed by atoms with Crippen molar-refractivity contribution in [3.63, 3.8) is 0 Å². The predicted molar refractivity (Wildman–Crippen MR) is 126 cm³/mol. The Labute approximate surface area is 188 Å². The number of piperidine rings is 1. The Balaban J connectivity index is 1.74. The lowest BCUT2D eigenvalue weighted by Crippen LogP contribution is -2.47. The highest BCUT2D eigenvalue weighted by Gasteiger charge is 2.45. The summed E-state index contributed by atoms with van der Waals surface area (Å²) in [5.41, 5.74) is 2.48. The zero-order chi connectivity index (χ0) is 22.3. The molecule has 5 rings (SSSR count). The number of hydrogen-bond acceptors (Lipinski definition) is 7. The Morgan fingerprint density at radius 1 is 1.19 bits per heavy atom. The summed E-state index contributed by atoms with van der Waals surface area (Å²) in [5.74, 6) is 1.32. The highest BCUT2D eigenvalue weighted by Crippen LogP contribution is 2.40. The van der Waals surface area contributed by atoms with Crippen molar-refractivity contribution in [2.24, 2.45) is 0 Å². The molecule has 0 aliphatic carbocycles. The van der Waals surface area contributed by atoms with Gasteiger partial charge in [0.15, 0.2) is 15.7 Å². The molecule has 0 spiro atoms. The van der Waals surface area contributed by atoms with Gasteiger partial charge in [-0.05, 0) is 45.0 Å². The topological polar surface area (TPSA) is 100 Å². The van der Waals surface area contributed by atoms with Gasteiger partial charge in [0, 0.05) is 41.5 Å². The first-order valence-electron chi connectivity index (χ1n) is 11.1. The second-order valence-electron chi connectivity index (χ2n) is 8.81. The number of sulfone groups is 1. The monoisotopic (exact) mass is 455 g/mol.